The zero-order valence-corrected chi connectivity index (χ0v) is 10.6. The van der Waals surface area contributed by atoms with E-state index in [0.717, 1.165) is 5.56 Å². The molecule has 0 fully saturated rings. The number of allylic oxidation sites excluding steroid dienone is 1. The molecule has 0 aromatic heterocycles. The summed E-state index contributed by atoms with van der Waals surface area (Å²) in [5.74, 6) is 0. The second-order valence-electron chi connectivity index (χ2n) is 3.75. The molecule has 0 radical (unpaired) electrons. The Bertz CT molecular complexity index is 460. The molecule has 88 valence electrons. The molecule has 0 aliphatic heterocycles. The summed E-state index contributed by atoms with van der Waals surface area (Å²) in [5, 5.41) is 0. The highest BCUT2D eigenvalue weighted by Gasteiger charge is 2.15. The lowest BCUT2D eigenvalue weighted by molar-refractivity contribution is 0.576. The average molecular weight is 239 g/mol. The van der Waals surface area contributed by atoms with Gasteiger partial charge in [-0.2, -0.15) is 0 Å². The second kappa shape index (κ2) is 5.27. The van der Waals surface area contributed by atoms with Gasteiger partial charge in [-0.1, -0.05) is 29.8 Å². The van der Waals surface area contributed by atoms with Crippen LogP contribution in [-0.4, -0.2) is 14.5 Å². The van der Waals surface area contributed by atoms with Gasteiger partial charge in [0.2, 0.25) is 10.0 Å². The maximum atomic E-state index is 11.9. The molecule has 0 spiro atoms. The lowest BCUT2D eigenvalue weighted by atomic mass is 10.2. The molecule has 1 N–H and O–H groups in total. The molecule has 4 heteroatoms. The first-order valence-corrected chi connectivity index (χ1v) is 6.66. The fourth-order valence-electron chi connectivity index (χ4n) is 1.36. The Labute approximate surface area is 97.2 Å². The van der Waals surface area contributed by atoms with Crippen LogP contribution in [0, 0.1) is 6.92 Å². The maximum Gasteiger partial charge on any atom is 0.241 e. The van der Waals surface area contributed by atoms with E-state index < -0.39 is 10.0 Å². The van der Waals surface area contributed by atoms with Crippen molar-refractivity contribution in [2.24, 2.45) is 0 Å². The summed E-state index contributed by atoms with van der Waals surface area (Å²) in [6, 6.07) is 6.60. The standard InChI is InChI=1S/C12H17NO2S/c1-4-5-11(3)13-16(14,15)12-8-6-10(2)7-9-12/h4-9,11,13H,1-3H3/b5-4+. The molecule has 3 nitrogen and oxygen atoms in total. The predicted octanol–water partition coefficient (Wildman–Crippen LogP) is 2.24. The first kappa shape index (κ1) is 12.9. The van der Waals surface area contributed by atoms with Gasteiger partial charge in [-0.05, 0) is 32.9 Å². The molecule has 1 atom stereocenters. The van der Waals surface area contributed by atoms with Crippen molar-refractivity contribution in [1.29, 1.82) is 0 Å². The number of benzene rings is 1. The lowest BCUT2D eigenvalue weighted by Crippen LogP contribution is -2.31. The van der Waals surface area contributed by atoms with E-state index in [4.69, 9.17) is 0 Å². The van der Waals surface area contributed by atoms with Gasteiger partial charge >= 0.3 is 0 Å². The summed E-state index contributed by atoms with van der Waals surface area (Å²) in [5.41, 5.74) is 1.04. The van der Waals surface area contributed by atoms with E-state index in [0.29, 0.717) is 4.90 Å². The van der Waals surface area contributed by atoms with E-state index in [1.54, 1.807) is 37.3 Å². The van der Waals surface area contributed by atoms with Crippen molar-refractivity contribution in [3.05, 3.63) is 42.0 Å². The molecule has 0 amide bonds. The fraction of sp³-hybridized carbons (Fsp3) is 0.333. The van der Waals surface area contributed by atoms with Crippen molar-refractivity contribution in [3.8, 4) is 0 Å². The Morgan fingerprint density at radius 2 is 1.81 bits per heavy atom. The fourth-order valence-corrected chi connectivity index (χ4v) is 2.56. The van der Waals surface area contributed by atoms with E-state index in [1.807, 2.05) is 19.9 Å². The minimum atomic E-state index is -3.40. The molecule has 1 unspecified atom stereocenters. The second-order valence-corrected chi connectivity index (χ2v) is 5.46. The molecule has 1 aromatic carbocycles. The van der Waals surface area contributed by atoms with Gasteiger partial charge in [0.25, 0.3) is 0 Å². The van der Waals surface area contributed by atoms with Gasteiger partial charge in [0, 0.05) is 6.04 Å². The van der Waals surface area contributed by atoms with Crippen molar-refractivity contribution >= 4 is 10.0 Å². The van der Waals surface area contributed by atoms with Gasteiger partial charge in [-0.25, -0.2) is 13.1 Å². The van der Waals surface area contributed by atoms with Gasteiger partial charge in [0.05, 0.1) is 4.90 Å². The van der Waals surface area contributed by atoms with Gasteiger partial charge in [-0.3, -0.25) is 0 Å². The quantitative estimate of drug-likeness (QED) is 0.819. The van der Waals surface area contributed by atoms with E-state index in [2.05, 4.69) is 4.72 Å². The Morgan fingerprint density at radius 3 is 2.31 bits per heavy atom. The predicted molar refractivity (Wildman–Crippen MR) is 65.8 cm³/mol. The summed E-state index contributed by atoms with van der Waals surface area (Å²) in [6.45, 7) is 5.58. The van der Waals surface area contributed by atoms with Crippen LogP contribution in [0.2, 0.25) is 0 Å². The molecule has 16 heavy (non-hydrogen) atoms. The molecule has 0 bridgehead atoms. The number of aryl methyl sites for hydroxylation is 1. The van der Waals surface area contributed by atoms with Gasteiger partial charge < -0.3 is 0 Å². The highest BCUT2D eigenvalue weighted by molar-refractivity contribution is 7.89. The molecule has 1 rings (SSSR count). The molecule has 0 aliphatic rings. The average Bonchev–Trinajstić information content (AvgIpc) is 2.17. The molecule has 0 heterocycles. The van der Waals surface area contributed by atoms with E-state index in [-0.39, 0.29) is 6.04 Å². The van der Waals surface area contributed by atoms with Crippen LogP contribution in [0.3, 0.4) is 0 Å². The van der Waals surface area contributed by atoms with Crippen LogP contribution in [0.4, 0.5) is 0 Å². The third-order valence-electron chi connectivity index (χ3n) is 2.15. The highest BCUT2D eigenvalue weighted by Crippen LogP contribution is 2.10. The van der Waals surface area contributed by atoms with Crippen molar-refractivity contribution in [1.82, 2.24) is 4.72 Å². The molecule has 0 saturated carbocycles. The van der Waals surface area contributed by atoms with Gasteiger partial charge in [0.15, 0.2) is 0 Å². The number of sulfonamides is 1. The monoisotopic (exact) mass is 239 g/mol. The van der Waals surface area contributed by atoms with Crippen molar-refractivity contribution in [2.45, 2.75) is 31.7 Å². The van der Waals surface area contributed by atoms with E-state index >= 15 is 0 Å². The summed E-state index contributed by atoms with van der Waals surface area (Å²) in [7, 11) is -3.40. The van der Waals surface area contributed by atoms with Crippen molar-refractivity contribution < 1.29 is 8.42 Å². The maximum absolute atomic E-state index is 11.9. The van der Waals surface area contributed by atoms with Crippen LogP contribution in [0.15, 0.2) is 41.3 Å². The van der Waals surface area contributed by atoms with Crippen LogP contribution in [0.25, 0.3) is 0 Å². The molecular weight excluding hydrogens is 222 g/mol. The minimum absolute atomic E-state index is 0.198. The minimum Gasteiger partial charge on any atom is -0.207 e. The van der Waals surface area contributed by atoms with E-state index in [1.165, 1.54) is 0 Å². The Hall–Kier alpha value is -1.13. The van der Waals surface area contributed by atoms with Gasteiger partial charge in [-0.15, -0.1) is 0 Å². The number of rotatable bonds is 4. The zero-order valence-electron chi connectivity index (χ0n) is 9.77. The molecule has 0 aliphatic carbocycles. The number of hydrogen-bond donors (Lipinski definition) is 1. The molecular formula is C12H17NO2S. The topological polar surface area (TPSA) is 46.2 Å². The Kier molecular flexibility index (Phi) is 4.26. The number of nitrogens with one attached hydrogen (secondary N) is 1. The normalized spacial score (nSPS) is 14.2. The van der Waals surface area contributed by atoms with Gasteiger partial charge in [0.1, 0.15) is 0 Å². The van der Waals surface area contributed by atoms with Crippen molar-refractivity contribution in [2.75, 3.05) is 0 Å². The highest BCUT2D eigenvalue weighted by atomic mass is 32.2. The molecule has 0 saturated heterocycles. The molecule has 1 aromatic rings. The third-order valence-corrected chi connectivity index (χ3v) is 3.73. The smallest absolute Gasteiger partial charge is 0.207 e. The van der Waals surface area contributed by atoms with Crippen LogP contribution in [0.1, 0.15) is 19.4 Å². The van der Waals surface area contributed by atoms with Crippen LogP contribution in [0.5, 0.6) is 0 Å². The van der Waals surface area contributed by atoms with Crippen molar-refractivity contribution in [3.63, 3.8) is 0 Å². The SMILES string of the molecule is C/C=C/C(C)NS(=O)(=O)c1ccc(C)cc1. The summed E-state index contributed by atoms with van der Waals surface area (Å²) >= 11 is 0. The first-order valence-electron chi connectivity index (χ1n) is 5.17. The summed E-state index contributed by atoms with van der Waals surface area (Å²) < 4.78 is 26.3. The van der Waals surface area contributed by atoms with Crippen LogP contribution < -0.4 is 4.72 Å². The summed E-state index contributed by atoms with van der Waals surface area (Å²) in [6.07, 6.45) is 3.62. The van der Waals surface area contributed by atoms with Crippen LogP contribution >= 0.6 is 0 Å². The van der Waals surface area contributed by atoms with Crippen LogP contribution in [-0.2, 0) is 10.0 Å². The lowest BCUT2D eigenvalue weighted by Gasteiger charge is -2.10. The zero-order chi connectivity index (χ0) is 12.2. The van der Waals surface area contributed by atoms with E-state index in [9.17, 15) is 8.42 Å². The number of hydrogen-bond acceptors (Lipinski definition) is 2. The summed E-state index contributed by atoms with van der Waals surface area (Å²) in [4.78, 5) is 0.300. The third kappa shape index (κ3) is 3.47. The Balaban J connectivity index is 2.90. The Morgan fingerprint density at radius 1 is 1.25 bits per heavy atom. The first-order chi connectivity index (χ1) is 7.45. The largest absolute Gasteiger partial charge is 0.241 e.